The van der Waals surface area contributed by atoms with Crippen molar-refractivity contribution in [3.05, 3.63) is 29.3 Å². The van der Waals surface area contributed by atoms with Crippen molar-refractivity contribution in [1.82, 2.24) is 5.32 Å². The van der Waals surface area contributed by atoms with Gasteiger partial charge in [-0.05, 0) is 30.5 Å². The molecule has 0 fully saturated rings. The fourth-order valence-corrected chi connectivity index (χ4v) is 1.86. The summed E-state index contributed by atoms with van der Waals surface area (Å²) in [6.45, 7) is 5.10. The number of nitrogens with two attached hydrogens (primary N) is 1. The van der Waals surface area contributed by atoms with Crippen molar-refractivity contribution >= 4 is 5.91 Å². The van der Waals surface area contributed by atoms with Gasteiger partial charge in [-0.15, -0.1) is 0 Å². The van der Waals surface area contributed by atoms with Crippen molar-refractivity contribution < 1.29 is 9.53 Å². The van der Waals surface area contributed by atoms with E-state index in [9.17, 15) is 4.79 Å². The molecule has 0 radical (unpaired) electrons. The van der Waals surface area contributed by atoms with Gasteiger partial charge in [-0.1, -0.05) is 26.0 Å². The zero-order chi connectivity index (χ0) is 14.3. The maximum Gasteiger partial charge on any atom is 0.220 e. The van der Waals surface area contributed by atoms with Gasteiger partial charge in [0.15, 0.2) is 0 Å². The summed E-state index contributed by atoms with van der Waals surface area (Å²) in [5, 5.41) is 2.92. The van der Waals surface area contributed by atoms with Crippen molar-refractivity contribution in [3.63, 3.8) is 0 Å². The van der Waals surface area contributed by atoms with E-state index in [0.717, 1.165) is 17.7 Å². The second kappa shape index (κ2) is 7.79. The topological polar surface area (TPSA) is 64.3 Å². The molecule has 0 heterocycles. The molecule has 1 rings (SSSR count). The molecule has 3 N–H and O–H groups in total. The minimum absolute atomic E-state index is 0.0295. The SMILES string of the molecule is CCc1ccc(OC)c(CNC(=O)CC(C)CN)c1. The van der Waals surface area contributed by atoms with Gasteiger partial charge in [0, 0.05) is 18.5 Å². The standard InChI is InChI=1S/C15H24N2O2/c1-4-12-5-6-14(19-3)13(8-12)10-17-15(18)7-11(2)9-16/h5-6,8,11H,4,7,9-10,16H2,1-3H3,(H,17,18). The Morgan fingerprint density at radius 1 is 1.47 bits per heavy atom. The molecule has 0 spiro atoms. The van der Waals surface area contributed by atoms with Crippen LogP contribution in [0.4, 0.5) is 0 Å². The lowest BCUT2D eigenvalue weighted by Crippen LogP contribution is -2.26. The average molecular weight is 264 g/mol. The second-order valence-electron chi connectivity index (χ2n) is 4.82. The zero-order valence-electron chi connectivity index (χ0n) is 12.0. The van der Waals surface area contributed by atoms with Crippen LogP contribution in [0.1, 0.15) is 31.4 Å². The number of rotatable bonds is 7. The third kappa shape index (κ3) is 4.91. The summed E-state index contributed by atoms with van der Waals surface area (Å²) in [6, 6.07) is 6.06. The summed E-state index contributed by atoms with van der Waals surface area (Å²) in [4.78, 5) is 11.7. The Bertz CT molecular complexity index is 419. The lowest BCUT2D eigenvalue weighted by molar-refractivity contribution is -0.122. The highest BCUT2D eigenvalue weighted by molar-refractivity contribution is 5.76. The summed E-state index contributed by atoms with van der Waals surface area (Å²) in [6.07, 6.45) is 1.43. The highest BCUT2D eigenvalue weighted by Crippen LogP contribution is 2.20. The molecule has 4 nitrogen and oxygen atoms in total. The van der Waals surface area contributed by atoms with Crippen LogP contribution in [-0.2, 0) is 17.8 Å². The van der Waals surface area contributed by atoms with Gasteiger partial charge in [0.25, 0.3) is 0 Å². The number of carbonyl (C=O) groups excluding carboxylic acids is 1. The van der Waals surface area contributed by atoms with E-state index in [1.165, 1.54) is 5.56 Å². The predicted octanol–water partition coefficient (Wildman–Crippen LogP) is 1.86. The van der Waals surface area contributed by atoms with E-state index in [4.69, 9.17) is 10.5 Å². The first-order chi connectivity index (χ1) is 9.10. The summed E-state index contributed by atoms with van der Waals surface area (Å²) in [5.41, 5.74) is 7.76. The van der Waals surface area contributed by atoms with Crippen molar-refractivity contribution in [2.45, 2.75) is 33.2 Å². The number of methoxy groups -OCH3 is 1. The molecule has 19 heavy (non-hydrogen) atoms. The van der Waals surface area contributed by atoms with Crippen molar-refractivity contribution in [3.8, 4) is 5.75 Å². The van der Waals surface area contributed by atoms with Crippen molar-refractivity contribution in [2.75, 3.05) is 13.7 Å². The monoisotopic (exact) mass is 264 g/mol. The van der Waals surface area contributed by atoms with Crippen LogP contribution in [0.15, 0.2) is 18.2 Å². The summed E-state index contributed by atoms with van der Waals surface area (Å²) < 4.78 is 5.31. The van der Waals surface area contributed by atoms with Gasteiger partial charge < -0.3 is 15.8 Å². The molecule has 1 aromatic carbocycles. The lowest BCUT2D eigenvalue weighted by atomic mass is 10.1. The van der Waals surface area contributed by atoms with E-state index >= 15 is 0 Å². The Morgan fingerprint density at radius 2 is 2.21 bits per heavy atom. The Labute approximate surface area is 115 Å². The van der Waals surface area contributed by atoms with E-state index in [1.807, 2.05) is 19.1 Å². The summed E-state index contributed by atoms with van der Waals surface area (Å²) in [7, 11) is 1.64. The largest absolute Gasteiger partial charge is 0.496 e. The van der Waals surface area contributed by atoms with Gasteiger partial charge in [-0.25, -0.2) is 0 Å². The molecule has 0 aliphatic rings. The number of ether oxygens (including phenoxy) is 1. The summed E-state index contributed by atoms with van der Waals surface area (Å²) in [5.74, 6) is 1.05. The number of nitrogens with one attached hydrogen (secondary N) is 1. The van der Waals surface area contributed by atoms with E-state index in [1.54, 1.807) is 7.11 Å². The maximum absolute atomic E-state index is 11.7. The lowest BCUT2D eigenvalue weighted by Gasteiger charge is -2.12. The van der Waals surface area contributed by atoms with Crippen LogP contribution < -0.4 is 15.8 Å². The molecule has 4 heteroatoms. The van der Waals surface area contributed by atoms with Crippen LogP contribution in [0.3, 0.4) is 0 Å². The zero-order valence-corrected chi connectivity index (χ0v) is 12.0. The van der Waals surface area contributed by atoms with E-state index in [0.29, 0.717) is 19.5 Å². The molecular weight excluding hydrogens is 240 g/mol. The third-order valence-corrected chi connectivity index (χ3v) is 3.17. The van der Waals surface area contributed by atoms with Crippen LogP contribution in [0.5, 0.6) is 5.75 Å². The third-order valence-electron chi connectivity index (χ3n) is 3.17. The van der Waals surface area contributed by atoms with Gasteiger partial charge in [0.2, 0.25) is 5.91 Å². The van der Waals surface area contributed by atoms with Gasteiger partial charge in [-0.2, -0.15) is 0 Å². The van der Waals surface area contributed by atoms with Crippen LogP contribution in [0.2, 0.25) is 0 Å². The molecule has 0 saturated heterocycles. The molecule has 0 aliphatic heterocycles. The van der Waals surface area contributed by atoms with Crippen LogP contribution in [0.25, 0.3) is 0 Å². The Balaban J connectivity index is 2.63. The highest BCUT2D eigenvalue weighted by atomic mass is 16.5. The van der Waals surface area contributed by atoms with E-state index in [-0.39, 0.29) is 11.8 Å². The average Bonchev–Trinajstić information content (AvgIpc) is 2.44. The van der Waals surface area contributed by atoms with Gasteiger partial charge in [0.1, 0.15) is 5.75 Å². The Hall–Kier alpha value is -1.55. The van der Waals surface area contributed by atoms with Gasteiger partial charge in [-0.3, -0.25) is 4.79 Å². The summed E-state index contributed by atoms with van der Waals surface area (Å²) >= 11 is 0. The quantitative estimate of drug-likeness (QED) is 0.790. The number of amides is 1. The normalized spacial score (nSPS) is 12.0. The Kier molecular flexibility index (Phi) is 6.36. The highest BCUT2D eigenvalue weighted by Gasteiger charge is 2.09. The molecule has 0 saturated carbocycles. The fraction of sp³-hybridized carbons (Fsp3) is 0.533. The maximum atomic E-state index is 11.7. The van der Waals surface area contributed by atoms with Crippen molar-refractivity contribution in [2.24, 2.45) is 11.7 Å². The number of carbonyl (C=O) groups is 1. The molecular formula is C15H24N2O2. The van der Waals surface area contributed by atoms with Crippen LogP contribution >= 0.6 is 0 Å². The minimum Gasteiger partial charge on any atom is -0.496 e. The molecule has 0 aromatic heterocycles. The van der Waals surface area contributed by atoms with Gasteiger partial charge >= 0.3 is 0 Å². The molecule has 1 atom stereocenters. The minimum atomic E-state index is 0.0295. The number of hydrogen-bond donors (Lipinski definition) is 2. The molecule has 1 unspecified atom stereocenters. The Morgan fingerprint density at radius 3 is 2.79 bits per heavy atom. The number of hydrogen-bond acceptors (Lipinski definition) is 3. The van der Waals surface area contributed by atoms with E-state index < -0.39 is 0 Å². The van der Waals surface area contributed by atoms with E-state index in [2.05, 4.69) is 18.3 Å². The molecule has 0 aliphatic carbocycles. The predicted molar refractivity (Wildman–Crippen MR) is 77.1 cm³/mol. The number of benzene rings is 1. The first kappa shape index (κ1) is 15.5. The van der Waals surface area contributed by atoms with Crippen molar-refractivity contribution in [1.29, 1.82) is 0 Å². The van der Waals surface area contributed by atoms with Gasteiger partial charge in [0.05, 0.1) is 7.11 Å². The molecule has 0 bridgehead atoms. The first-order valence-corrected chi connectivity index (χ1v) is 6.73. The molecule has 1 amide bonds. The first-order valence-electron chi connectivity index (χ1n) is 6.73. The van der Waals surface area contributed by atoms with Crippen LogP contribution in [-0.4, -0.2) is 19.6 Å². The smallest absolute Gasteiger partial charge is 0.220 e. The molecule has 106 valence electrons. The second-order valence-corrected chi connectivity index (χ2v) is 4.82. The fourth-order valence-electron chi connectivity index (χ4n) is 1.86. The van der Waals surface area contributed by atoms with Crippen LogP contribution in [0, 0.1) is 5.92 Å². The number of aryl methyl sites for hydroxylation is 1. The molecule has 1 aromatic rings.